The molecular formula is C11H14N2O5S2. The molecule has 9 heteroatoms. The van der Waals surface area contributed by atoms with Crippen LogP contribution in [0.3, 0.4) is 0 Å². The topological polar surface area (TPSA) is 104 Å². The van der Waals surface area contributed by atoms with Gasteiger partial charge in [0.1, 0.15) is 5.00 Å². The molecule has 0 aliphatic carbocycles. The lowest BCUT2D eigenvalue weighted by Crippen LogP contribution is -2.40. The van der Waals surface area contributed by atoms with Crippen molar-refractivity contribution in [3.63, 3.8) is 0 Å². The fraction of sp³-hybridized carbons (Fsp3) is 0.455. The number of urea groups is 1. The molecule has 2 heterocycles. The first-order chi connectivity index (χ1) is 9.30. The second-order valence-corrected chi connectivity index (χ2v) is 7.71. The Morgan fingerprint density at radius 1 is 1.50 bits per heavy atom. The Kier molecular flexibility index (Phi) is 4.00. The second kappa shape index (κ2) is 5.41. The lowest BCUT2D eigenvalue weighted by molar-refractivity contribution is 0.0698. The van der Waals surface area contributed by atoms with E-state index < -0.39 is 21.8 Å². The van der Waals surface area contributed by atoms with Crippen molar-refractivity contribution in [1.82, 2.24) is 4.90 Å². The van der Waals surface area contributed by atoms with Crippen LogP contribution in [0.4, 0.5) is 9.80 Å². The number of carbonyl (C=O) groups excluding carboxylic acids is 1. The number of sulfone groups is 1. The van der Waals surface area contributed by atoms with Crippen molar-refractivity contribution < 1.29 is 23.1 Å². The Labute approximate surface area is 120 Å². The largest absolute Gasteiger partial charge is 0.478 e. The lowest BCUT2D eigenvalue weighted by atomic mass is 10.2. The van der Waals surface area contributed by atoms with Crippen molar-refractivity contribution in [2.75, 3.05) is 23.9 Å². The van der Waals surface area contributed by atoms with Crippen LogP contribution in [-0.2, 0) is 9.84 Å². The SMILES string of the molecule is CN(C(=O)Nc1sccc1C(=O)O)C1CCS(=O)(=O)C1. The molecule has 0 saturated carbocycles. The van der Waals surface area contributed by atoms with E-state index in [0.29, 0.717) is 6.42 Å². The first kappa shape index (κ1) is 14.8. The van der Waals surface area contributed by atoms with E-state index in [9.17, 15) is 18.0 Å². The molecule has 20 heavy (non-hydrogen) atoms. The molecule has 1 aromatic rings. The van der Waals surface area contributed by atoms with Gasteiger partial charge in [0.25, 0.3) is 0 Å². The number of amides is 2. The van der Waals surface area contributed by atoms with E-state index in [0.717, 1.165) is 11.3 Å². The van der Waals surface area contributed by atoms with Gasteiger partial charge < -0.3 is 10.0 Å². The zero-order chi connectivity index (χ0) is 14.9. The summed E-state index contributed by atoms with van der Waals surface area (Å²) < 4.78 is 22.8. The number of carbonyl (C=O) groups is 2. The summed E-state index contributed by atoms with van der Waals surface area (Å²) in [5.74, 6) is -1.09. The molecular weight excluding hydrogens is 304 g/mol. The highest BCUT2D eigenvalue weighted by atomic mass is 32.2. The first-order valence-electron chi connectivity index (χ1n) is 5.85. The maximum atomic E-state index is 12.0. The fourth-order valence-electron chi connectivity index (χ4n) is 2.01. The third-order valence-electron chi connectivity index (χ3n) is 3.19. The van der Waals surface area contributed by atoms with Crippen LogP contribution < -0.4 is 5.32 Å². The number of anilines is 1. The number of nitrogens with one attached hydrogen (secondary N) is 1. The molecule has 1 unspecified atom stereocenters. The smallest absolute Gasteiger partial charge is 0.338 e. The molecule has 0 bridgehead atoms. The molecule has 2 N–H and O–H groups in total. The molecule has 0 spiro atoms. The Morgan fingerprint density at radius 2 is 2.20 bits per heavy atom. The summed E-state index contributed by atoms with van der Waals surface area (Å²) in [5.41, 5.74) is 0.0239. The Bertz CT molecular complexity index is 637. The van der Waals surface area contributed by atoms with Gasteiger partial charge in [0.05, 0.1) is 17.1 Å². The van der Waals surface area contributed by atoms with Crippen molar-refractivity contribution in [1.29, 1.82) is 0 Å². The van der Waals surface area contributed by atoms with Crippen LogP contribution >= 0.6 is 11.3 Å². The van der Waals surface area contributed by atoms with Crippen LogP contribution in [0.25, 0.3) is 0 Å². The molecule has 2 amide bonds. The standard InChI is InChI=1S/C11H14N2O5S2/c1-13(7-3-5-20(17,18)6-7)11(16)12-9-8(10(14)15)2-4-19-9/h2,4,7H,3,5-6H2,1H3,(H,12,16)(H,14,15). The fourth-order valence-corrected chi connectivity index (χ4v) is 4.55. The number of aromatic carboxylic acids is 1. The Balaban J connectivity index is 2.05. The van der Waals surface area contributed by atoms with Gasteiger partial charge in [0, 0.05) is 13.1 Å². The summed E-state index contributed by atoms with van der Waals surface area (Å²) in [6.07, 6.45) is 0.405. The number of hydrogen-bond acceptors (Lipinski definition) is 5. The Hall–Kier alpha value is -1.61. The zero-order valence-electron chi connectivity index (χ0n) is 10.7. The van der Waals surface area contributed by atoms with Gasteiger partial charge in [0.2, 0.25) is 0 Å². The predicted molar refractivity (Wildman–Crippen MR) is 75.1 cm³/mol. The quantitative estimate of drug-likeness (QED) is 0.868. The van der Waals surface area contributed by atoms with E-state index in [1.165, 1.54) is 18.0 Å². The lowest BCUT2D eigenvalue weighted by Gasteiger charge is -2.23. The van der Waals surface area contributed by atoms with Crippen LogP contribution in [0.5, 0.6) is 0 Å². The van der Waals surface area contributed by atoms with Crippen LogP contribution in [0.1, 0.15) is 16.8 Å². The number of rotatable bonds is 3. The highest BCUT2D eigenvalue weighted by molar-refractivity contribution is 7.91. The summed E-state index contributed by atoms with van der Waals surface area (Å²) in [4.78, 5) is 24.3. The molecule has 1 saturated heterocycles. The molecule has 1 aliphatic rings. The van der Waals surface area contributed by atoms with Crippen molar-refractivity contribution in [2.45, 2.75) is 12.5 Å². The van der Waals surface area contributed by atoms with Gasteiger partial charge in [-0.1, -0.05) is 0 Å². The van der Waals surface area contributed by atoms with E-state index in [1.54, 1.807) is 5.38 Å². The average molecular weight is 318 g/mol. The summed E-state index contributed by atoms with van der Waals surface area (Å²) in [7, 11) is -1.56. The van der Waals surface area contributed by atoms with Gasteiger partial charge in [-0.25, -0.2) is 18.0 Å². The number of carboxylic acids is 1. The highest BCUT2D eigenvalue weighted by Crippen LogP contribution is 2.24. The van der Waals surface area contributed by atoms with E-state index in [2.05, 4.69) is 5.32 Å². The molecule has 1 aliphatic heterocycles. The van der Waals surface area contributed by atoms with Crippen LogP contribution in [-0.4, -0.2) is 55.0 Å². The van der Waals surface area contributed by atoms with Crippen LogP contribution in [0.15, 0.2) is 11.4 Å². The van der Waals surface area contributed by atoms with E-state index in [1.807, 2.05) is 0 Å². The van der Waals surface area contributed by atoms with Gasteiger partial charge in [0.15, 0.2) is 9.84 Å². The monoisotopic (exact) mass is 318 g/mol. The van der Waals surface area contributed by atoms with Crippen molar-refractivity contribution in [3.05, 3.63) is 17.0 Å². The zero-order valence-corrected chi connectivity index (χ0v) is 12.3. The molecule has 1 atom stereocenters. The third kappa shape index (κ3) is 3.10. The minimum Gasteiger partial charge on any atom is -0.478 e. The van der Waals surface area contributed by atoms with Gasteiger partial charge >= 0.3 is 12.0 Å². The summed E-state index contributed by atoms with van der Waals surface area (Å²) in [6, 6.07) is 0.535. The molecule has 0 radical (unpaired) electrons. The van der Waals surface area contributed by atoms with Gasteiger partial charge in [-0.15, -0.1) is 11.3 Å². The highest BCUT2D eigenvalue weighted by Gasteiger charge is 2.33. The van der Waals surface area contributed by atoms with E-state index >= 15 is 0 Å². The molecule has 7 nitrogen and oxygen atoms in total. The minimum atomic E-state index is -3.07. The maximum Gasteiger partial charge on any atom is 0.338 e. The number of hydrogen-bond donors (Lipinski definition) is 2. The van der Waals surface area contributed by atoms with Gasteiger partial charge in [-0.3, -0.25) is 5.32 Å². The normalized spacial score (nSPS) is 20.6. The summed E-state index contributed by atoms with van der Waals surface area (Å²) in [6.45, 7) is 0. The summed E-state index contributed by atoms with van der Waals surface area (Å²) >= 11 is 1.11. The minimum absolute atomic E-state index is 0.0239. The summed E-state index contributed by atoms with van der Waals surface area (Å²) in [5, 5.41) is 13.3. The second-order valence-electron chi connectivity index (χ2n) is 4.57. The molecule has 1 aromatic heterocycles. The molecule has 2 rings (SSSR count). The molecule has 1 fully saturated rings. The maximum absolute atomic E-state index is 12.0. The third-order valence-corrected chi connectivity index (χ3v) is 5.77. The van der Waals surface area contributed by atoms with Crippen molar-refractivity contribution >= 4 is 38.2 Å². The van der Waals surface area contributed by atoms with E-state index in [-0.39, 0.29) is 28.1 Å². The van der Waals surface area contributed by atoms with Crippen molar-refractivity contribution in [3.8, 4) is 0 Å². The van der Waals surface area contributed by atoms with Crippen molar-refractivity contribution in [2.24, 2.45) is 0 Å². The number of thiophene rings is 1. The van der Waals surface area contributed by atoms with Crippen LogP contribution in [0.2, 0.25) is 0 Å². The van der Waals surface area contributed by atoms with E-state index in [4.69, 9.17) is 5.11 Å². The number of nitrogens with zero attached hydrogens (tertiary/aromatic N) is 1. The first-order valence-corrected chi connectivity index (χ1v) is 8.55. The van der Waals surface area contributed by atoms with Crippen LogP contribution in [0, 0.1) is 0 Å². The Morgan fingerprint density at radius 3 is 2.75 bits per heavy atom. The molecule has 110 valence electrons. The number of carboxylic acid groups (broad SMARTS) is 1. The molecule has 0 aromatic carbocycles. The predicted octanol–water partition coefficient (Wildman–Crippen LogP) is 1.10. The van der Waals surface area contributed by atoms with Gasteiger partial charge in [-0.05, 0) is 17.9 Å². The average Bonchev–Trinajstić information content (AvgIpc) is 2.94. The van der Waals surface area contributed by atoms with Gasteiger partial charge in [-0.2, -0.15) is 0 Å².